The zero-order valence-electron chi connectivity index (χ0n) is 14.8. The largest absolute Gasteiger partial charge is 0.546 e. The van der Waals surface area contributed by atoms with Crippen molar-refractivity contribution in [2.45, 2.75) is 96.1 Å². The lowest BCUT2D eigenvalue weighted by molar-refractivity contribution is -0.0858. The summed E-state index contributed by atoms with van der Waals surface area (Å²) in [7, 11) is -1.97. The summed E-state index contributed by atoms with van der Waals surface area (Å²) in [6, 6.07) is 0. The van der Waals surface area contributed by atoms with Crippen LogP contribution in [-0.2, 0) is 4.43 Å². The van der Waals surface area contributed by atoms with E-state index in [-0.39, 0.29) is 0 Å². The van der Waals surface area contributed by atoms with Gasteiger partial charge < -0.3 is 14.6 Å². The number of hydrogen-bond donors (Lipinski definition) is 2. The summed E-state index contributed by atoms with van der Waals surface area (Å²) in [5.74, 6) is 0.896. The maximum absolute atomic E-state index is 10.6. The van der Waals surface area contributed by atoms with Crippen LogP contribution >= 0.6 is 0 Å². The molecule has 0 bridgehead atoms. The van der Waals surface area contributed by atoms with Crippen LogP contribution in [0, 0.1) is 0 Å². The highest BCUT2D eigenvalue weighted by Gasteiger charge is 2.48. The van der Waals surface area contributed by atoms with Crippen LogP contribution in [-0.4, -0.2) is 30.2 Å². The Morgan fingerprint density at radius 3 is 2.05 bits per heavy atom. The molecule has 124 valence electrons. The molecule has 0 saturated carbocycles. The van der Waals surface area contributed by atoms with Gasteiger partial charge in [0.25, 0.3) is 8.32 Å². The molecule has 0 amide bonds. The maximum Gasteiger partial charge on any atom is 0.258 e. The fourth-order valence-electron chi connectivity index (χ4n) is 3.97. The Bertz CT molecular complexity index is 354. The van der Waals surface area contributed by atoms with Crippen molar-refractivity contribution in [3.63, 3.8) is 0 Å². The Labute approximate surface area is 131 Å². The Morgan fingerprint density at radius 2 is 1.67 bits per heavy atom. The lowest BCUT2D eigenvalue weighted by Crippen LogP contribution is -2.50. The van der Waals surface area contributed by atoms with E-state index in [4.69, 9.17) is 4.43 Å². The van der Waals surface area contributed by atoms with Gasteiger partial charge in [-0.05, 0) is 35.5 Å². The highest BCUT2D eigenvalue weighted by molar-refractivity contribution is 6.77. The van der Waals surface area contributed by atoms with Gasteiger partial charge in [0.15, 0.2) is 0 Å². The Kier molecular flexibility index (Phi) is 6.10. The lowest BCUT2D eigenvalue weighted by atomic mass is 9.83. The van der Waals surface area contributed by atoms with Crippen LogP contribution in [0.25, 0.3) is 0 Å². The Hall–Kier alpha value is -0.323. The predicted octanol–water partition coefficient (Wildman–Crippen LogP) is 4.36. The van der Waals surface area contributed by atoms with Gasteiger partial charge in [-0.25, -0.2) is 0 Å². The summed E-state index contributed by atoms with van der Waals surface area (Å²) in [4.78, 5) is 0. The van der Waals surface area contributed by atoms with Gasteiger partial charge in [0.2, 0.25) is 0 Å². The first-order valence-corrected chi connectivity index (χ1v) is 10.5. The molecule has 2 N–H and O–H groups in total. The number of rotatable bonds is 6. The molecule has 0 heterocycles. The molecule has 0 unspecified atom stereocenters. The van der Waals surface area contributed by atoms with E-state index in [0.717, 1.165) is 5.76 Å². The average Bonchev–Trinajstić information content (AvgIpc) is 2.38. The second kappa shape index (κ2) is 6.84. The molecule has 1 aliphatic carbocycles. The summed E-state index contributed by atoms with van der Waals surface area (Å²) in [5, 5.41) is 20.6. The SMILES string of the molecule is CC[C@]1(O)CC(O[Si](C(C)C)(C(C)C)C(C)C)=CC[C@H]1O. The molecule has 0 spiro atoms. The summed E-state index contributed by atoms with van der Waals surface area (Å²) in [6.45, 7) is 15.5. The van der Waals surface area contributed by atoms with E-state index in [1.807, 2.05) is 13.0 Å². The number of aliphatic hydroxyl groups is 2. The molecule has 4 heteroatoms. The molecule has 1 rings (SSSR count). The molecule has 0 radical (unpaired) electrons. The quantitative estimate of drug-likeness (QED) is 0.716. The molecule has 21 heavy (non-hydrogen) atoms. The first-order chi connectivity index (χ1) is 9.60. The van der Waals surface area contributed by atoms with Gasteiger partial charge in [0.1, 0.15) is 0 Å². The summed E-state index contributed by atoms with van der Waals surface area (Å²) < 4.78 is 6.64. The van der Waals surface area contributed by atoms with Gasteiger partial charge >= 0.3 is 0 Å². The third-order valence-corrected chi connectivity index (χ3v) is 11.3. The van der Waals surface area contributed by atoms with Gasteiger partial charge in [0, 0.05) is 6.42 Å². The Morgan fingerprint density at radius 1 is 1.19 bits per heavy atom. The molecule has 1 aliphatic rings. The molecule has 0 fully saturated rings. The smallest absolute Gasteiger partial charge is 0.258 e. The van der Waals surface area contributed by atoms with E-state index < -0.39 is 20.0 Å². The zero-order valence-corrected chi connectivity index (χ0v) is 15.8. The molecule has 0 aromatic rings. The Balaban J connectivity index is 3.06. The molecular weight excluding hydrogens is 280 g/mol. The van der Waals surface area contributed by atoms with Gasteiger partial charge in [-0.2, -0.15) is 0 Å². The monoisotopic (exact) mass is 314 g/mol. The van der Waals surface area contributed by atoms with E-state index >= 15 is 0 Å². The van der Waals surface area contributed by atoms with E-state index in [2.05, 4.69) is 41.5 Å². The van der Waals surface area contributed by atoms with Crippen molar-refractivity contribution in [3.05, 3.63) is 11.8 Å². The second-order valence-electron chi connectivity index (χ2n) is 7.48. The third kappa shape index (κ3) is 3.54. The minimum atomic E-state index is -1.97. The third-order valence-electron chi connectivity index (χ3n) is 5.30. The van der Waals surface area contributed by atoms with Crippen LogP contribution in [0.5, 0.6) is 0 Å². The van der Waals surface area contributed by atoms with E-state index in [1.54, 1.807) is 0 Å². The van der Waals surface area contributed by atoms with Crippen LogP contribution in [0.15, 0.2) is 11.8 Å². The molecule has 3 nitrogen and oxygen atoms in total. The normalized spacial score (nSPS) is 27.4. The van der Waals surface area contributed by atoms with Crippen LogP contribution in [0.2, 0.25) is 16.6 Å². The topological polar surface area (TPSA) is 49.7 Å². The first kappa shape index (κ1) is 18.7. The molecule has 0 aliphatic heterocycles. The summed E-state index contributed by atoms with van der Waals surface area (Å²) >= 11 is 0. The zero-order chi connectivity index (χ0) is 16.4. The van der Waals surface area contributed by atoms with Gasteiger partial charge in [-0.15, -0.1) is 0 Å². The number of aliphatic hydroxyl groups excluding tert-OH is 1. The van der Waals surface area contributed by atoms with Crippen LogP contribution in [0.3, 0.4) is 0 Å². The van der Waals surface area contributed by atoms with Crippen LogP contribution in [0.1, 0.15) is 67.7 Å². The standard InChI is InChI=1S/C17H34O3Si/c1-8-17(19)11-15(9-10-16(17)18)20-21(12(2)3,13(4)5)14(6)7/h9,12-14,16,18-19H,8,10-11H2,1-7H3/t16-,17+/m1/s1. The fourth-order valence-corrected chi connectivity index (χ4v) is 9.29. The van der Waals surface area contributed by atoms with Crippen molar-refractivity contribution in [1.82, 2.24) is 0 Å². The van der Waals surface area contributed by atoms with Gasteiger partial charge in [0.05, 0.1) is 17.5 Å². The van der Waals surface area contributed by atoms with Crippen molar-refractivity contribution in [1.29, 1.82) is 0 Å². The van der Waals surface area contributed by atoms with Crippen molar-refractivity contribution in [3.8, 4) is 0 Å². The second-order valence-corrected chi connectivity index (χ2v) is 12.9. The molecule has 2 atom stereocenters. The molecule has 0 saturated heterocycles. The number of hydrogen-bond acceptors (Lipinski definition) is 3. The van der Waals surface area contributed by atoms with E-state index in [9.17, 15) is 10.2 Å². The summed E-state index contributed by atoms with van der Waals surface area (Å²) in [5.41, 5.74) is 0.509. The molecule has 0 aromatic heterocycles. The van der Waals surface area contributed by atoms with Crippen molar-refractivity contribution >= 4 is 8.32 Å². The van der Waals surface area contributed by atoms with Gasteiger partial charge in [-0.3, -0.25) is 0 Å². The fraction of sp³-hybridized carbons (Fsp3) is 0.882. The van der Waals surface area contributed by atoms with E-state index in [1.165, 1.54) is 0 Å². The highest BCUT2D eigenvalue weighted by Crippen LogP contribution is 2.45. The van der Waals surface area contributed by atoms with E-state index in [0.29, 0.717) is 35.9 Å². The minimum absolute atomic E-state index is 0.436. The molecule has 0 aromatic carbocycles. The van der Waals surface area contributed by atoms with Crippen molar-refractivity contribution < 1.29 is 14.6 Å². The van der Waals surface area contributed by atoms with Gasteiger partial charge in [-0.1, -0.05) is 48.5 Å². The van der Waals surface area contributed by atoms with Crippen molar-refractivity contribution in [2.24, 2.45) is 0 Å². The minimum Gasteiger partial charge on any atom is -0.546 e. The van der Waals surface area contributed by atoms with Crippen LogP contribution in [0.4, 0.5) is 0 Å². The predicted molar refractivity (Wildman–Crippen MR) is 90.7 cm³/mol. The van der Waals surface area contributed by atoms with Crippen LogP contribution < -0.4 is 0 Å². The average molecular weight is 315 g/mol. The first-order valence-electron chi connectivity index (χ1n) is 8.38. The lowest BCUT2D eigenvalue weighted by Gasteiger charge is -2.45. The maximum atomic E-state index is 10.6. The summed E-state index contributed by atoms with van der Waals surface area (Å²) in [6.07, 6.45) is 2.78. The highest BCUT2D eigenvalue weighted by atomic mass is 28.4. The molecular formula is C17H34O3Si. The van der Waals surface area contributed by atoms with Crippen molar-refractivity contribution in [2.75, 3.05) is 0 Å².